The van der Waals surface area contributed by atoms with Gasteiger partial charge in [0.15, 0.2) is 0 Å². The number of rotatable bonds is 6. The Labute approximate surface area is 182 Å². The number of carboxylic acids is 1. The SMILES string of the molecule is O=C(O)C[C@H](NC(=O)OCC1c2ccccc2-c2ccccc21)c1ccc(Br)nc1. The highest BCUT2D eigenvalue weighted by Crippen LogP contribution is 2.44. The van der Waals surface area contributed by atoms with Crippen LogP contribution in [0, 0.1) is 0 Å². The summed E-state index contributed by atoms with van der Waals surface area (Å²) >= 11 is 3.25. The van der Waals surface area contributed by atoms with Crippen LogP contribution < -0.4 is 5.32 Å². The summed E-state index contributed by atoms with van der Waals surface area (Å²) in [5, 5.41) is 11.9. The van der Waals surface area contributed by atoms with Crippen LogP contribution in [0.4, 0.5) is 4.79 Å². The fourth-order valence-electron chi connectivity index (χ4n) is 3.80. The lowest BCUT2D eigenvalue weighted by molar-refractivity contribution is -0.137. The predicted octanol–water partition coefficient (Wildman–Crippen LogP) is 4.90. The number of nitrogens with zero attached hydrogens (tertiary/aromatic N) is 1. The Morgan fingerprint density at radius 3 is 2.23 bits per heavy atom. The highest BCUT2D eigenvalue weighted by atomic mass is 79.9. The molecule has 0 aliphatic heterocycles. The van der Waals surface area contributed by atoms with Crippen LogP contribution in [0.15, 0.2) is 71.5 Å². The van der Waals surface area contributed by atoms with E-state index in [1.54, 1.807) is 12.1 Å². The second kappa shape index (κ2) is 8.67. The molecule has 1 heterocycles. The van der Waals surface area contributed by atoms with Crippen LogP contribution in [0.3, 0.4) is 0 Å². The number of nitrogens with one attached hydrogen (secondary N) is 1. The summed E-state index contributed by atoms with van der Waals surface area (Å²) in [4.78, 5) is 27.9. The van der Waals surface area contributed by atoms with Gasteiger partial charge in [-0.25, -0.2) is 9.78 Å². The van der Waals surface area contributed by atoms with Crippen molar-refractivity contribution in [2.45, 2.75) is 18.4 Å². The molecular weight excluding hydrogens is 448 g/mol. The number of amides is 1. The van der Waals surface area contributed by atoms with Crippen molar-refractivity contribution in [2.75, 3.05) is 6.61 Å². The van der Waals surface area contributed by atoms with E-state index in [4.69, 9.17) is 4.74 Å². The minimum absolute atomic E-state index is 0.0598. The molecule has 0 spiro atoms. The molecule has 0 saturated heterocycles. The van der Waals surface area contributed by atoms with E-state index in [2.05, 4.69) is 38.4 Å². The number of carboxylic acid groups (broad SMARTS) is 1. The molecule has 0 fully saturated rings. The highest BCUT2D eigenvalue weighted by Gasteiger charge is 2.29. The van der Waals surface area contributed by atoms with E-state index in [1.807, 2.05) is 36.4 Å². The van der Waals surface area contributed by atoms with Gasteiger partial charge in [0.1, 0.15) is 11.2 Å². The van der Waals surface area contributed by atoms with Crippen LogP contribution >= 0.6 is 15.9 Å². The smallest absolute Gasteiger partial charge is 0.407 e. The van der Waals surface area contributed by atoms with Gasteiger partial charge in [0.05, 0.1) is 12.5 Å². The zero-order valence-electron chi connectivity index (χ0n) is 15.9. The Hall–Kier alpha value is -3.19. The van der Waals surface area contributed by atoms with Crippen LogP contribution in [-0.2, 0) is 9.53 Å². The van der Waals surface area contributed by atoms with Crippen molar-refractivity contribution >= 4 is 28.0 Å². The fourth-order valence-corrected chi connectivity index (χ4v) is 4.04. The van der Waals surface area contributed by atoms with Crippen molar-refractivity contribution in [3.63, 3.8) is 0 Å². The van der Waals surface area contributed by atoms with Gasteiger partial charge in [0.2, 0.25) is 0 Å². The summed E-state index contributed by atoms with van der Waals surface area (Å²) in [5.41, 5.74) is 5.11. The van der Waals surface area contributed by atoms with Gasteiger partial charge in [0.25, 0.3) is 0 Å². The summed E-state index contributed by atoms with van der Waals surface area (Å²) in [6.45, 7) is 0.165. The molecule has 30 heavy (non-hydrogen) atoms. The van der Waals surface area contributed by atoms with Gasteiger partial charge >= 0.3 is 12.1 Å². The fraction of sp³-hybridized carbons (Fsp3) is 0.174. The number of alkyl carbamates (subject to hydrolysis) is 1. The number of aliphatic carboxylic acids is 1. The highest BCUT2D eigenvalue weighted by molar-refractivity contribution is 9.10. The molecule has 2 N–H and O–H groups in total. The first-order chi connectivity index (χ1) is 14.5. The van der Waals surface area contributed by atoms with Crippen LogP contribution in [0.1, 0.15) is 35.1 Å². The van der Waals surface area contributed by atoms with Crippen LogP contribution in [0.25, 0.3) is 11.1 Å². The number of aromatic nitrogens is 1. The Bertz CT molecular complexity index is 1040. The molecule has 2 aromatic carbocycles. The van der Waals surface area contributed by atoms with E-state index in [0.29, 0.717) is 10.2 Å². The number of hydrogen-bond donors (Lipinski definition) is 2. The zero-order chi connectivity index (χ0) is 21.1. The largest absolute Gasteiger partial charge is 0.481 e. The molecule has 0 saturated carbocycles. The second-order valence-electron chi connectivity index (χ2n) is 7.03. The van der Waals surface area contributed by atoms with Crippen molar-refractivity contribution in [3.8, 4) is 11.1 Å². The molecule has 152 valence electrons. The Morgan fingerprint density at radius 1 is 1.03 bits per heavy atom. The number of pyridine rings is 1. The summed E-state index contributed by atoms with van der Waals surface area (Å²) in [7, 11) is 0. The first-order valence-electron chi connectivity index (χ1n) is 9.47. The lowest BCUT2D eigenvalue weighted by Crippen LogP contribution is -2.31. The maximum Gasteiger partial charge on any atom is 0.407 e. The minimum atomic E-state index is -1.03. The number of fused-ring (bicyclic) bond motifs is 3. The molecule has 1 atom stereocenters. The van der Waals surface area contributed by atoms with Gasteiger partial charge in [-0.1, -0.05) is 54.6 Å². The molecule has 1 amide bonds. The molecule has 6 nitrogen and oxygen atoms in total. The van der Waals surface area contributed by atoms with E-state index in [0.717, 1.165) is 22.3 Å². The van der Waals surface area contributed by atoms with Crippen molar-refractivity contribution in [2.24, 2.45) is 0 Å². The van der Waals surface area contributed by atoms with E-state index >= 15 is 0 Å². The van der Waals surface area contributed by atoms with Crippen molar-refractivity contribution < 1.29 is 19.4 Å². The van der Waals surface area contributed by atoms with E-state index in [9.17, 15) is 14.7 Å². The molecule has 1 aliphatic carbocycles. The number of benzene rings is 2. The van der Waals surface area contributed by atoms with Gasteiger partial charge in [-0.3, -0.25) is 4.79 Å². The van der Waals surface area contributed by atoms with Gasteiger partial charge in [-0.05, 0) is 49.8 Å². The first kappa shape index (κ1) is 20.1. The Morgan fingerprint density at radius 2 is 1.67 bits per heavy atom. The molecule has 0 bridgehead atoms. The standard InChI is InChI=1S/C23H19BrN2O4/c24-21-10-9-14(12-25-21)20(11-22(27)28)26-23(29)30-13-19-17-7-3-1-5-15(17)16-6-2-4-8-18(16)19/h1-10,12,19-20H,11,13H2,(H,26,29)(H,27,28)/t20-/m0/s1. The Balaban J connectivity index is 1.47. The molecule has 0 unspecified atom stereocenters. The summed E-state index contributed by atoms with van der Waals surface area (Å²) in [5.74, 6) is -1.09. The average Bonchev–Trinajstić information content (AvgIpc) is 3.06. The summed E-state index contributed by atoms with van der Waals surface area (Å²) < 4.78 is 6.15. The minimum Gasteiger partial charge on any atom is -0.481 e. The van der Waals surface area contributed by atoms with Crippen molar-refractivity contribution in [1.29, 1.82) is 0 Å². The molecule has 4 rings (SSSR count). The van der Waals surface area contributed by atoms with E-state index in [1.165, 1.54) is 6.20 Å². The molecule has 1 aliphatic rings. The third-order valence-corrected chi connectivity index (χ3v) is 5.64. The number of carbonyl (C=O) groups is 2. The summed E-state index contributed by atoms with van der Waals surface area (Å²) in [6.07, 6.45) is 0.598. The average molecular weight is 467 g/mol. The predicted molar refractivity (Wildman–Crippen MR) is 115 cm³/mol. The second-order valence-corrected chi connectivity index (χ2v) is 7.85. The van der Waals surface area contributed by atoms with Crippen LogP contribution in [0.5, 0.6) is 0 Å². The van der Waals surface area contributed by atoms with Gasteiger partial charge in [-0.2, -0.15) is 0 Å². The van der Waals surface area contributed by atoms with Gasteiger partial charge < -0.3 is 15.2 Å². The van der Waals surface area contributed by atoms with Crippen molar-refractivity contribution in [3.05, 3.63) is 88.2 Å². The number of hydrogen-bond acceptors (Lipinski definition) is 4. The first-order valence-corrected chi connectivity index (χ1v) is 10.3. The lowest BCUT2D eigenvalue weighted by atomic mass is 9.98. The maximum absolute atomic E-state index is 12.5. The third-order valence-electron chi connectivity index (χ3n) is 5.17. The van der Waals surface area contributed by atoms with Crippen LogP contribution in [0.2, 0.25) is 0 Å². The van der Waals surface area contributed by atoms with Crippen LogP contribution in [-0.4, -0.2) is 28.8 Å². The van der Waals surface area contributed by atoms with E-state index < -0.39 is 18.1 Å². The van der Waals surface area contributed by atoms with Gasteiger partial charge in [0, 0.05) is 12.1 Å². The lowest BCUT2D eigenvalue weighted by Gasteiger charge is -2.19. The summed E-state index contributed by atoms with van der Waals surface area (Å²) in [6, 6.07) is 18.8. The molecule has 7 heteroatoms. The Kier molecular flexibility index (Phi) is 5.81. The zero-order valence-corrected chi connectivity index (χ0v) is 17.5. The van der Waals surface area contributed by atoms with Gasteiger partial charge in [-0.15, -0.1) is 0 Å². The molecular formula is C23H19BrN2O4. The number of ether oxygens (including phenoxy) is 1. The molecule has 3 aromatic rings. The molecule has 0 radical (unpaired) electrons. The quantitative estimate of drug-likeness (QED) is 0.504. The topological polar surface area (TPSA) is 88.5 Å². The molecule has 1 aromatic heterocycles. The third kappa shape index (κ3) is 4.21. The van der Waals surface area contributed by atoms with Crippen molar-refractivity contribution in [1.82, 2.24) is 10.3 Å². The number of carbonyl (C=O) groups excluding carboxylic acids is 1. The van der Waals surface area contributed by atoms with E-state index in [-0.39, 0.29) is 18.9 Å². The monoisotopic (exact) mass is 466 g/mol. The normalized spacial score (nSPS) is 13.2. The maximum atomic E-state index is 12.5. The number of halogens is 1.